The lowest BCUT2D eigenvalue weighted by atomic mass is 9.91. The first-order valence-corrected chi connectivity index (χ1v) is 13.7. The predicted octanol–water partition coefficient (Wildman–Crippen LogP) is 5.87. The molecule has 0 radical (unpaired) electrons. The summed E-state index contributed by atoms with van der Waals surface area (Å²) in [5.41, 5.74) is 2.83. The summed E-state index contributed by atoms with van der Waals surface area (Å²) >= 11 is 0. The standard InChI is InChI=1S/C33H40N2O4/c1-4-39-32(37)22-29(28-18-12-7-13-19-28)21-31(36)35(24-27-16-10-6-11-17-27)30(20-25(2)3)33(38)34-23-26-14-8-5-9-15-26/h5-19,25,29-30H,4,20-24H2,1-3H3,(H,34,38)/t29-,30-/m0/s1. The van der Waals surface area contributed by atoms with Gasteiger partial charge in [-0.15, -0.1) is 0 Å². The van der Waals surface area contributed by atoms with Crippen LogP contribution in [0, 0.1) is 5.92 Å². The largest absolute Gasteiger partial charge is 0.466 e. The fourth-order valence-electron chi connectivity index (χ4n) is 4.66. The Morgan fingerprint density at radius 2 is 1.36 bits per heavy atom. The van der Waals surface area contributed by atoms with E-state index in [9.17, 15) is 14.4 Å². The first kappa shape index (κ1) is 29.6. The van der Waals surface area contributed by atoms with Gasteiger partial charge in [-0.1, -0.05) is 105 Å². The molecule has 0 heterocycles. The van der Waals surface area contributed by atoms with E-state index < -0.39 is 6.04 Å². The van der Waals surface area contributed by atoms with E-state index in [-0.39, 0.29) is 49.1 Å². The normalized spacial score (nSPS) is 12.4. The van der Waals surface area contributed by atoms with Crippen molar-refractivity contribution in [3.05, 3.63) is 108 Å². The van der Waals surface area contributed by atoms with Crippen molar-refractivity contribution >= 4 is 17.8 Å². The molecule has 206 valence electrons. The molecule has 0 saturated heterocycles. The van der Waals surface area contributed by atoms with E-state index in [2.05, 4.69) is 19.2 Å². The molecule has 6 heteroatoms. The van der Waals surface area contributed by atoms with E-state index in [1.807, 2.05) is 91.0 Å². The Hall–Kier alpha value is -3.93. The van der Waals surface area contributed by atoms with Crippen LogP contribution >= 0.6 is 0 Å². The number of carbonyl (C=O) groups is 3. The SMILES string of the molecule is CCOC(=O)C[C@H](CC(=O)N(Cc1ccccc1)[C@@H](CC(C)C)C(=O)NCc1ccccc1)c1ccccc1. The summed E-state index contributed by atoms with van der Waals surface area (Å²) < 4.78 is 5.22. The molecule has 0 aliphatic rings. The molecule has 0 bridgehead atoms. The quantitative estimate of drug-likeness (QED) is 0.266. The van der Waals surface area contributed by atoms with Crippen molar-refractivity contribution in [1.29, 1.82) is 0 Å². The maximum absolute atomic E-state index is 14.1. The van der Waals surface area contributed by atoms with Crippen LogP contribution in [-0.4, -0.2) is 35.3 Å². The maximum Gasteiger partial charge on any atom is 0.306 e. The van der Waals surface area contributed by atoms with Gasteiger partial charge in [0.05, 0.1) is 13.0 Å². The van der Waals surface area contributed by atoms with Crippen LogP contribution < -0.4 is 5.32 Å². The van der Waals surface area contributed by atoms with Gasteiger partial charge in [-0.05, 0) is 36.0 Å². The second-order valence-corrected chi connectivity index (χ2v) is 10.2. The molecule has 0 unspecified atom stereocenters. The van der Waals surface area contributed by atoms with E-state index in [1.54, 1.807) is 11.8 Å². The number of hydrogen-bond acceptors (Lipinski definition) is 4. The highest BCUT2D eigenvalue weighted by atomic mass is 16.5. The van der Waals surface area contributed by atoms with Gasteiger partial charge >= 0.3 is 5.97 Å². The number of esters is 1. The number of rotatable bonds is 14. The van der Waals surface area contributed by atoms with Gasteiger partial charge in [0.2, 0.25) is 11.8 Å². The fourth-order valence-corrected chi connectivity index (χ4v) is 4.66. The average molecular weight is 529 g/mol. The Kier molecular flexibility index (Phi) is 11.8. The number of ether oxygens (including phenoxy) is 1. The average Bonchev–Trinajstić information content (AvgIpc) is 2.94. The van der Waals surface area contributed by atoms with E-state index >= 15 is 0 Å². The van der Waals surface area contributed by atoms with Gasteiger partial charge in [0.1, 0.15) is 6.04 Å². The summed E-state index contributed by atoms with van der Waals surface area (Å²) in [6.45, 7) is 6.85. The molecule has 3 aromatic carbocycles. The van der Waals surface area contributed by atoms with Crippen molar-refractivity contribution in [2.24, 2.45) is 5.92 Å². The van der Waals surface area contributed by atoms with Crippen molar-refractivity contribution in [2.45, 2.75) is 65.1 Å². The zero-order chi connectivity index (χ0) is 28.0. The van der Waals surface area contributed by atoms with Crippen molar-refractivity contribution in [1.82, 2.24) is 10.2 Å². The highest BCUT2D eigenvalue weighted by molar-refractivity contribution is 5.88. The van der Waals surface area contributed by atoms with E-state index in [1.165, 1.54) is 0 Å². The highest BCUT2D eigenvalue weighted by Gasteiger charge is 2.32. The molecule has 0 aliphatic carbocycles. The second-order valence-electron chi connectivity index (χ2n) is 10.2. The first-order valence-electron chi connectivity index (χ1n) is 13.7. The molecule has 1 N–H and O–H groups in total. The first-order chi connectivity index (χ1) is 18.9. The van der Waals surface area contributed by atoms with Crippen LogP contribution in [0.15, 0.2) is 91.0 Å². The number of carbonyl (C=O) groups excluding carboxylic acids is 3. The van der Waals surface area contributed by atoms with Crippen LogP contribution in [0.2, 0.25) is 0 Å². The van der Waals surface area contributed by atoms with Crippen LogP contribution in [0.25, 0.3) is 0 Å². The van der Waals surface area contributed by atoms with Gasteiger partial charge in [-0.3, -0.25) is 14.4 Å². The van der Waals surface area contributed by atoms with E-state index in [0.29, 0.717) is 19.5 Å². The number of nitrogens with one attached hydrogen (secondary N) is 1. The lowest BCUT2D eigenvalue weighted by Gasteiger charge is -2.33. The third-order valence-corrected chi connectivity index (χ3v) is 6.61. The van der Waals surface area contributed by atoms with Crippen LogP contribution in [0.1, 0.15) is 62.6 Å². The zero-order valence-corrected chi connectivity index (χ0v) is 23.2. The van der Waals surface area contributed by atoms with Gasteiger partial charge in [0, 0.05) is 25.4 Å². The molecule has 3 aromatic rings. The lowest BCUT2D eigenvalue weighted by Crippen LogP contribution is -2.50. The summed E-state index contributed by atoms with van der Waals surface area (Å²) in [5, 5.41) is 3.05. The Balaban J connectivity index is 1.90. The topological polar surface area (TPSA) is 75.7 Å². The van der Waals surface area contributed by atoms with Crippen molar-refractivity contribution in [2.75, 3.05) is 6.61 Å². The van der Waals surface area contributed by atoms with Crippen molar-refractivity contribution < 1.29 is 19.1 Å². The monoisotopic (exact) mass is 528 g/mol. The number of nitrogens with zero attached hydrogens (tertiary/aromatic N) is 1. The molecule has 0 fully saturated rings. The molecule has 2 atom stereocenters. The Morgan fingerprint density at radius 1 is 0.795 bits per heavy atom. The summed E-state index contributed by atoms with van der Waals surface area (Å²) in [6.07, 6.45) is 0.709. The lowest BCUT2D eigenvalue weighted by molar-refractivity contribution is -0.145. The van der Waals surface area contributed by atoms with Crippen LogP contribution in [-0.2, 0) is 32.2 Å². The number of amides is 2. The minimum atomic E-state index is -0.652. The zero-order valence-electron chi connectivity index (χ0n) is 23.2. The van der Waals surface area contributed by atoms with E-state index in [4.69, 9.17) is 4.74 Å². The molecule has 2 amide bonds. The number of benzene rings is 3. The molecule has 0 aliphatic heterocycles. The van der Waals surface area contributed by atoms with Gasteiger partial charge < -0.3 is 15.0 Å². The predicted molar refractivity (Wildman–Crippen MR) is 154 cm³/mol. The van der Waals surface area contributed by atoms with Gasteiger partial charge in [-0.25, -0.2) is 0 Å². The Morgan fingerprint density at radius 3 is 1.92 bits per heavy atom. The summed E-state index contributed by atoms with van der Waals surface area (Å²) in [5.74, 6) is -0.861. The minimum absolute atomic E-state index is 0.0935. The van der Waals surface area contributed by atoms with Gasteiger partial charge in [-0.2, -0.15) is 0 Å². The third kappa shape index (κ3) is 9.71. The Bertz CT molecular complexity index is 1170. The molecule has 0 saturated carbocycles. The molecule has 39 heavy (non-hydrogen) atoms. The number of hydrogen-bond donors (Lipinski definition) is 1. The summed E-state index contributed by atoms with van der Waals surface area (Å²) in [6, 6.07) is 28.4. The minimum Gasteiger partial charge on any atom is -0.466 e. The molecule has 0 spiro atoms. The van der Waals surface area contributed by atoms with Crippen LogP contribution in [0.3, 0.4) is 0 Å². The maximum atomic E-state index is 14.1. The molecular formula is C33H40N2O4. The highest BCUT2D eigenvalue weighted by Crippen LogP contribution is 2.27. The van der Waals surface area contributed by atoms with E-state index in [0.717, 1.165) is 16.7 Å². The fraction of sp³-hybridized carbons (Fsp3) is 0.364. The molecule has 0 aromatic heterocycles. The third-order valence-electron chi connectivity index (χ3n) is 6.61. The van der Waals surface area contributed by atoms with Gasteiger partial charge in [0.15, 0.2) is 0 Å². The molecule has 3 rings (SSSR count). The summed E-state index contributed by atoms with van der Waals surface area (Å²) in [4.78, 5) is 41.9. The second kappa shape index (κ2) is 15.5. The van der Waals surface area contributed by atoms with Crippen LogP contribution in [0.5, 0.6) is 0 Å². The van der Waals surface area contributed by atoms with Crippen molar-refractivity contribution in [3.8, 4) is 0 Å². The Labute approximate surface area is 232 Å². The smallest absolute Gasteiger partial charge is 0.306 e. The summed E-state index contributed by atoms with van der Waals surface area (Å²) in [7, 11) is 0. The van der Waals surface area contributed by atoms with Gasteiger partial charge in [0.25, 0.3) is 0 Å². The van der Waals surface area contributed by atoms with Crippen molar-refractivity contribution in [3.63, 3.8) is 0 Å². The van der Waals surface area contributed by atoms with Crippen LogP contribution in [0.4, 0.5) is 0 Å². The molecular weight excluding hydrogens is 488 g/mol. The molecule has 6 nitrogen and oxygen atoms in total.